The Balaban J connectivity index is 1.95. The van der Waals surface area contributed by atoms with Crippen LogP contribution in [0.2, 0.25) is 0 Å². The number of pyridine rings is 2. The van der Waals surface area contributed by atoms with E-state index in [1.807, 2.05) is 12.3 Å². The van der Waals surface area contributed by atoms with Gasteiger partial charge in [-0.1, -0.05) is 6.07 Å². The number of hydrogen-bond donors (Lipinski definition) is 0. The molecule has 0 spiro atoms. The van der Waals surface area contributed by atoms with Gasteiger partial charge in [-0.05, 0) is 48.9 Å². The molecular weight excluding hydrogens is 236 g/mol. The molecule has 94 valence electrons. The zero-order chi connectivity index (χ0) is 12.8. The molecule has 0 atom stereocenters. The third-order valence-electron chi connectivity index (χ3n) is 4.08. The number of fused-ring (bicyclic) bond motifs is 4. The summed E-state index contributed by atoms with van der Waals surface area (Å²) in [5, 5.41) is 0. The van der Waals surface area contributed by atoms with Crippen LogP contribution in [0.5, 0.6) is 0 Å². The van der Waals surface area contributed by atoms with Crippen molar-refractivity contribution in [1.29, 1.82) is 0 Å². The average molecular weight is 250 g/mol. The molecule has 0 aromatic carbocycles. The lowest BCUT2D eigenvalue weighted by Crippen LogP contribution is -2.16. The smallest absolute Gasteiger partial charge is 0.164 e. The Bertz CT molecular complexity index is 691. The van der Waals surface area contributed by atoms with Gasteiger partial charge in [0.1, 0.15) is 0 Å². The lowest BCUT2D eigenvalue weighted by atomic mass is 9.87. The summed E-state index contributed by atoms with van der Waals surface area (Å²) in [5.74, 6) is 0.253. The van der Waals surface area contributed by atoms with Crippen molar-refractivity contribution >= 4 is 5.78 Å². The highest BCUT2D eigenvalue weighted by atomic mass is 16.1. The molecule has 2 heterocycles. The van der Waals surface area contributed by atoms with Gasteiger partial charge in [0.05, 0.1) is 17.1 Å². The van der Waals surface area contributed by atoms with E-state index in [-0.39, 0.29) is 5.78 Å². The summed E-state index contributed by atoms with van der Waals surface area (Å²) in [6, 6.07) is 6.17. The molecular formula is C16H14N2O. The van der Waals surface area contributed by atoms with E-state index in [1.54, 1.807) is 0 Å². The number of rotatable bonds is 0. The van der Waals surface area contributed by atoms with Crippen LogP contribution in [-0.2, 0) is 19.3 Å². The molecule has 0 radical (unpaired) electrons. The molecule has 2 aliphatic carbocycles. The minimum absolute atomic E-state index is 0.253. The van der Waals surface area contributed by atoms with Gasteiger partial charge in [0.2, 0.25) is 0 Å². The quantitative estimate of drug-likeness (QED) is 0.722. The van der Waals surface area contributed by atoms with Gasteiger partial charge in [0.25, 0.3) is 0 Å². The predicted octanol–water partition coefficient (Wildman–Crippen LogP) is 2.76. The monoisotopic (exact) mass is 250 g/mol. The molecule has 2 aliphatic rings. The molecule has 19 heavy (non-hydrogen) atoms. The van der Waals surface area contributed by atoms with Crippen LogP contribution in [0.4, 0.5) is 0 Å². The van der Waals surface area contributed by atoms with E-state index in [9.17, 15) is 4.79 Å². The van der Waals surface area contributed by atoms with Crippen molar-refractivity contribution in [3.8, 4) is 11.4 Å². The first-order valence-corrected chi connectivity index (χ1v) is 6.83. The number of carbonyl (C=O) groups excluding carboxylic acids is 1. The summed E-state index contributed by atoms with van der Waals surface area (Å²) < 4.78 is 0. The normalized spacial score (nSPS) is 16.5. The van der Waals surface area contributed by atoms with E-state index in [4.69, 9.17) is 4.98 Å². The maximum atomic E-state index is 12.0. The second-order valence-electron chi connectivity index (χ2n) is 5.28. The third-order valence-corrected chi connectivity index (χ3v) is 4.08. The Hall–Kier alpha value is -2.03. The summed E-state index contributed by atoms with van der Waals surface area (Å²) in [4.78, 5) is 21.2. The minimum Gasteiger partial charge on any atom is -0.294 e. The molecule has 0 unspecified atom stereocenters. The molecule has 2 aromatic heterocycles. The topological polar surface area (TPSA) is 42.9 Å². The Morgan fingerprint density at radius 1 is 1.00 bits per heavy atom. The number of nitrogens with zero attached hydrogens (tertiary/aromatic N) is 2. The average Bonchev–Trinajstić information content (AvgIpc) is 2.46. The minimum atomic E-state index is 0.253. The number of aryl methyl sites for hydroxylation is 3. The summed E-state index contributed by atoms with van der Waals surface area (Å²) in [6.45, 7) is 0. The first-order chi connectivity index (χ1) is 9.33. The van der Waals surface area contributed by atoms with Gasteiger partial charge in [-0.25, -0.2) is 0 Å². The van der Waals surface area contributed by atoms with Crippen molar-refractivity contribution in [1.82, 2.24) is 9.97 Å². The van der Waals surface area contributed by atoms with Crippen LogP contribution in [0.3, 0.4) is 0 Å². The van der Waals surface area contributed by atoms with Crippen molar-refractivity contribution in [2.45, 2.75) is 32.1 Å². The van der Waals surface area contributed by atoms with Gasteiger partial charge in [0.15, 0.2) is 5.78 Å². The fourth-order valence-electron chi connectivity index (χ4n) is 3.09. The summed E-state index contributed by atoms with van der Waals surface area (Å²) in [6.07, 6.45) is 6.28. The van der Waals surface area contributed by atoms with E-state index in [1.165, 1.54) is 11.1 Å². The van der Waals surface area contributed by atoms with E-state index in [2.05, 4.69) is 17.1 Å². The molecule has 0 saturated carbocycles. The zero-order valence-corrected chi connectivity index (χ0v) is 10.6. The van der Waals surface area contributed by atoms with Gasteiger partial charge < -0.3 is 0 Å². The maximum Gasteiger partial charge on any atom is 0.164 e. The highest BCUT2D eigenvalue weighted by molar-refractivity contribution is 5.98. The van der Waals surface area contributed by atoms with Gasteiger partial charge in [-0.3, -0.25) is 14.8 Å². The van der Waals surface area contributed by atoms with Crippen LogP contribution in [0, 0.1) is 0 Å². The third kappa shape index (κ3) is 1.61. The number of Topliss-reactive ketones (excluding diaryl/α,β-unsaturated/α-hetero) is 1. The molecule has 0 fully saturated rings. The second kappa shape index (κ2) is 3.98. The molecule has 0 amide bonds. The van der Waals surface area contributed by atoms with Crippen molar-refractivity contribution in [2.75, 3.05) is 0 Å². The summed E-state index contributed by atoms with van der Waals surface area (Å²) in [7, 11) is 0. The van der Waals surface area contributed by atoms with Crippen molar-refractivity contribution in [3.05, 3.63) is 46.8 Å². The van der Waals surface area contributed by atoms with Crippen LogP contribution < -0.4 is 0 Å². The number of aromatic nitrogens is 2. The van der Waals surface area contributed by atoms with Crippen LogP contribution in [-0.4, -0.2) is 15.8 Å². The first-order valence-electron chi connectivity index (χ1n) is 6.83. The van der Waals surface area contributed by atoms with E-state index in [0.717, 1.165) is 48.3 Å². The van der Waals surface area contributed by atoms with Crippen molar-refractivity contribution in [3.63, 3.8) is 0 Å². The van der Waals surface area contributed by atoms with E-state index < -0.39 is 0 Å². The van der Waals surface area contributed by atoms with Gasteiger partial charge in [0, 0.05) is 18.2 Å². The van der Waals surface area contributed by atoms with Gasteiger partial charge in [-0.15, -0.1) is 0 Å². The van der Waals surface area contributed by atoms with Crippen LogP contribution in [0.1, 0.15) is 40.0 Å². The number of ketones is 1. The molecule has 3 nitrogen and oxygen atoms in total. The van der Waals surface area contributed by atoms with Crippen molar-refractivity contribution in [2.24, 2.45) is 0 Å². The fourth-order valence-corrected chi connectivity index (χ4v) is 3.09. The van der Waals surface area contributed by atoms with Crippen LogP contribution >= 0.6 is 0 Å². The SMILES string of the molecule is O=C1CCCc2nc3c(cc21)CCc1cccnc1-3. The molecule has 0 bridgehead atoms. The summed E-state index contributed by atoms with van der Waals surface area (Å²) in [5.41, 5.74) is 6.27. The predicted molar refractivity (Wildman–Crippen MR) is 72.1 cm³/mol. The number of hydrogen-bond acceptors (Lipinski definition) is 3. The van der Waals surface area contributed by atoms with Crippen LogP contribution in [0.15, 0.2) is 24.4 Å². The van der Waals surface area contributed by atoms with Crippen molar-refractivity contribution < 1.29 is 4.79 Å². The second-order valence-corrected chi connectivity index (χ2v) is 5.28. The summed E-state index contributed by atoms with van der Waals surface area (Å²) >= 11 is 0. The lowest BCUT2D eigenvalue weighted by molar-refractivity contribution is 0.0971. The molecule has 0 aliphatic heterocycles. The largest absolute Gasteiger partial charge is 0.294 e. The fraction of sp³-hybridized carbons (Fsp3) is 0.312. The Labute approximate surface area is 111 Å². The Morgan fingerprint density at radius 3 is 2.84 bits per heavy atom. The first kappa shape index (κ1) is 10.9. The zero-order valence-electron chi connectivity index (χ0n) is 10.6. The number of carbonyl (C=O) groups is 1. The van der Waals surface area contributed by atoms with E-state index in [0.29, 0.717) is 6.42 Å². The Kier molecular flexibility index (Phi) is 2.28. The highest BCUT2D eigenvalue weighted by Gasteiger charge is 2.24. The molecule has 2 aromatic rings. The van der Waals surface area contributed by atoms with E-state index >= 15 is 0 Å². The van der Waals surface area contributed by atoms with Crippen LogP contribution in [0.25, 0.3) is 11.4 Å². The standard InChI is InChI=1S/C16H14N2O/c19-14-5-1-4-13-12(14)9-11-7-6-10-3-2-8-17-15(10)16(11)18-13/h2-3,8-9H,1,4-7H2. The van der Waals surface area contributed by atoms with Gasteiger partial charge in [-0.2, -0.15) is 0 Å². The van der Waals surface area contributed by atoms with Gasteiger partial charge >= 0.3 is 0 Å². The lowest BCUT2D eigenvalue weighted by Gasteiger charge is -2.22. The molecule has 0 saturated heterocycles. The molecule has 3 heteroatoms. The maximum absolute atomic E-state index is 12.0. The highest BCUT2D eigenvalue weighted by Crippen LogP contribution is 2.33. The molecule has 4 rings (SSSR count). The molecule has 0 N–H and O–H groups in total. The Morgan fingerprint density at radius 2 is 1.89 bits per heavy atom.